The number of aromatic hydroxyl groups is 2. The highest BCUT2D eigenvalue weighted by Crippen LogP contribution is 2.45. The number of benzene rings is 4. The summed E-state index contributed by atoms with van der Waals surface area (Å²) >= 11 is -1.93. The van der Waals surface area contributed by atoms with Crippen molar-refractivity contribution in [3.8, 4) is 23.0 Å². The number of halogens is 1. The molecule has 5 N–H and O–H groups in total. The first-order valence-corrected chi connectivity index (χ1v) is 20.6. The number of nitrogens with zero attached hydrogens (tertiary/aromatic N) is 8. The fourth-order valence-corrected chi connectivity index (χ4v) is 6.73. The maximum Gasteiger partial charge on any atom is 0.397 e. The first kappa shape index (κ1) is 44.1. The summed E-state index contributed by atoms with van der Waals surface area (Å²) in [6.07, 6.45) is -1.20. The van der Waals surface area contributed by atoms with E-state index in [-0.39, 0.29) is 75.0 Å². The second kappa shape index (κ2) is 18.7. The minimum Gasteiger partial charge on any atom is -0.506 e. The molecule has 0 spiro atoms. The van der Waals surface area contributed by atoms with E-state index in [9.17, 15) is 40.2 Å². The number of aryl methyl sites for hydroxylation is 1. The van der Waals surface area contributed by atoms with Gasteiger partial charge in [-0.25, -0.2) is 8.39 Å². The smallest absolute Gasteiger partial charge is 0.397 e. The largest absolute Gasteiger partial charge is 0.506 e. The summed E-state index contributed by atoms with van der Waals surface area (Å²) < 4.78 is 112. The zero-order valence-corrected chi connectivity index (χ0v) is 33.6. The van der Waals surface area contributed by atoms with Gasteiger partial charge in [0.25, 0.3) is 10.1 Å². The Labute approximate surface area is 337 Å². The van der Waals surface area contributed by atoms with Crippen LogP contribution >= 0.6 is 0 Å². The third-order valence-electron chi connectivity index (χ3n) is 7.78. The molecule has 0 aliphatic rings. The molecular weight excluding hydrogens is 846 g/mol. The van der Waals surface area contributed by atoms with Crippen LogP contribution in [0, 0.1) is 13.0 Å². The summed E-state index contributed by atoms with van der Waals surface area (Å²) in [7, 11) is -5.56. The molecule has 0 bridgehead atoms. The molecule has 0 aliphatic heterocycles. The molecule has 1 unspecified atom stereocenters. The summed E-state index contributed by atoms with van der Waals surface area (Å²) in [4.78, 5) is 11.9. The van der Waals surface area contributed by atoms with Gasteiger partial charge in [0, 0.05) is 36.8 Å². The highest BCUT2D eigenvalue weighted by molar-refractivity contribution is 7.86. The number of methoxy groups -OCH3 is 2. The molecule has 0 saturated carbocycles. The fraction of sp³-hybridized carbons (Fsp3) is 0.242. The van der Waals surface area contributed by atoms with E-state index in [0.717, 1.165) is 11.6 Å². The molecule has 314 valence electrons. The average molecular weight is 880 g/mol. The molecule has 1 heterocycles. The van der Waals surface area contributed by atoms with E-state index in [4.69, 9.17) is 18.2 Å². The van der Waals surface area contributed by atoms with Crippen molar-refractivity contribution in [2.75, 3.05) is 57.0 Å². The Morgan fingerprint density at radius 3 is 2.15 bits per heavy atom. The van der Waals surface area contributed by atoms with Crippen LogP contribution in [0.15, 0.2) is 79.9 Å². The first-order valence-electron chi connectivity index (χ1n) is 16.5. The minimum atomic E-state index is -5.07. The van der Waals surface area contributed by atoms with Gasteiger partial charge < -0.3 is 29.9 Å². The number of phenolic OH excluding ortho intramolecular Hbond substituents is 2. The number of anilines is 3. The Morgan fingerprint density at radius 2 is 1.51 bits per heavy atom. The second-order valence-corrected chi connectivity index (χ2v) is 15.7. The third-order valence-corrected chi connectivity index (χ3v) is 10.1. The van der Waals surface area contributed by atoms with E-state index in [1.54, 1.807) is 19.1 Å². The van der Waals surface area contributed by atoms with Crippen LogP contribution in [0.4, 0.5) is 44.7 Å². The van der Waals surface area contributed by atoms with Crippen LogP contribution in [-0.4, -0.2) is 102 Å². The van der Waals surface area contributed by atoms with Gasteiger partial charge in [0.2, 0.25) is 11.9 Å². The molecular formula is C33H34FN9O13S3. The van der Waals surface area contributed by atoms with Crippen molar-refractivity contribution in [2.24, 2.45) is 20.5 Å². The van der Waals surface area contributed by atoms with Crippen molar-refractivity contribution in [1.82, 2.24) is 15.0 Å². The summed E-state index contributed by atoms with van der Waals surface area (Å²) in [6.45, 7) is 0.766. The normalized spacial score (nSPS) is 12.7. The topological polar surface area (TPSA) is 307 Å². The molecule has 4 aromatic carbocycles. The molecule has 59 heavy (non-hydrogen) atoms. The average Bonchev–Trinajstić information content (AvgIpc) is 3.17. The molecule has 0 radical (unpaired) electrons. The number of nitrogens with one attached hydrogen (secondary N) is 1. The van der Waals surface area contributed by atoms with Crippen molar-refractivity contribution < 1.29 is 62.6 Å². The number of hydrogen-bond acceptors (Lipinski definition) is 20. The number of aromatic nitrogens is 3. The Hall–Kier alpha value is -6.03. The Kier molecular flexibility index (Phi) is 14.0. The number of fused-ring (bicyclic) bond motifs is 1. The zero-order chi connectivity index (χ0) is 43.1. The van der Waals surface area contributed by atoms with Gasteiger partial charge in [0.15, 0.2) is 28.3 Å². The standard InChI is InChI=1S/C33H34FN9O13S3/c1-18-5-8-25(44)24(13-18)41-39-22-16-26(53-3)27(54-4)17-23(22)40-42-29-28(58(47,48)49)15-19-14-20(6-7-21(19)30(29)45)35-32-36-31(34)37-33(38-32)43(2)9-12-57(46)55-10-11-56-59(50,51)52/h5-8,13-17,44-45H,9-12H2,1-4H3,(H,47,48,49)(H,50,51,52)(H,35,36,37,38). The molecule has 0 amide bonds. The molecule has 0 saturated heterocycles. The zero-order valence-electron chi connectivity index (χ0n) is 31.2. The van der Waals surface area contributed by atoms with E-state index in [1.807, 2.05) is 0 Å². The molecule has 5 rings (SSSR count). The maximum absolute atomic E-state index is 14.5. The van der Waals surface area contributed by atoms with Gasteiger partial charge in [-0.3, -0.25) is 13.3 Å². The van der Waals surface area contributed by atoms with Crippen molar-refractivity contribution in [1.29, 1.82) is 0 Å². The van der Waals surface area contributed by atoms with E-state index >= 15 is 0 Å². The molecule has 0 aliphatic carbocycles. The molecule has 22 nitrogen and oxygen atoms in total. The van der Waals surface area contributed by atoms with Gasteiger partial charge in [-0.1, -0.05) is 6.07 Å². The van der Waals surface area contributed by atoms with Gasteiger partial charge in [0.1, 0.15) is 33.4 Å². The predicted octanol–water partition coefficient (Wildman–Crippen LogP) is 5.66. The fourth-order valence-electron chi connectivity index (χ4n) is 5.00. The van der Waals surface area contributed by atoms with E-state index in [1.165, 1.54) is 62.6 Å². The number of azo groups is 2. The maximum atomic E-state index is 14.5. The van der Waals surface area contributed by atoms with E-state index in [0.29, 0.717) is 0 Å². The molecule has 5 aromatic rings. The predicted molar refractivity (Wildman–Crippen MR) is 209 cm³/mol. The van der Waals surface area contributed by atoms with Crippen LogP contribution in [0.1, 0.15) is 5.56 Å². The summed E-state index contributed by atoms with van der Waals surface area (Å²) in [5, 5.41) is 40.8. The number of rotatable bonds is 18. The molecule has 26 heteroatoms. The Balaban J connectivity index is 1.42. The molecule has 1 atom stereocenters. The van der Waals surface area contributed by atoms with Crippen LogP contribution in [0.25, 0.3) is 10.8 Å². The van der Waals surface area contributed by atoms with E-state index in [2.05, 4.69) is 44.9 Å². The quantitative estimate of drug-likeness (QED) is 0.0403. The summed E-state index contributed by atoms with van der Waals surface area (Å²) in [5.74, 6) is -1.09. The lowest BCUT2D eigenvalue weighted by Gasteiger charge is -2.17. The summed E-state index contributed by atoms with van der Waals surface area (Å²) in [6, 6.07) is 12.6. The monoisotopic (exact) mass is 879 g/mol. The van der Waals surface area contributed by atoms with E-state index < -0.39 is 67.2 Å². The van der Waals surface area contributed by atoms with Gasteiger partial charge in [0.05, 0.1) is 33.2 Å². The highest BCUT2D eigenvalue weighted by atomic mass is 32.3. The first-order chi connectivity index (χ1) is 27.8. The number of hydrogen-bond donors (Lipinski definition) is 5. The lowest BCUT2D eigenvalue weighted by atomic mass is 10.1. The van der Waals surface area contributed by atoms with Crippen LogP contribution < -0.4 is 19.7 Å². The van der Waals surface area contributed by atoms with Crippen LogP contribution in [0.2, 0.25) is 0 Å². The van der Waals surface area contributed by atoms with Gasteiger partial charge in [-0.15, -0.1) is 20.5 Å². The van der Waals surface area contributed by atoms with Crippen molar-refractivity contribution in [3.63, 3.8) is 0 Å². The van der Waals surface area contributed by atoms with Crippen LogP contribution in [0.5, 0.6) is 23.0 Å². The van der Waals surface area contributed by atoms with Crippen molar-refractivity contribution in [3.05, 3.63) is 66.2 Å². The van der Waals surface area contributed by atoms with Gasteiger partial charge in [-0.05, 0) is 54.3 Å². The lowest BCUT2D eigenvalue weighted by Crippen LogP contribution is -2.27. The SMILES string of the molecule is COc1cc(N=Nc2cc(C)ccc2O)c(N=Nc2c(S(=O)(=O)O)cc3cc(Nc4nc(F)nc(N(C)CCS(=O)OCCOS(=O)(=O)O)n4)ccc3c2O)cc1OC. The van der Waals surface area contributed by atoms with Crippen molar-refractivity contribution in [2.45, 2.75) is 11.8 Å². The van der Waals surface area contributed by atoms with Gasteiger partial charge >= 0.3 is 16.5 Å². The molecule has 1 aromatic heterocycles. The van der Waals surface area contributed by atoms with Gasteiger partial charge in [-0.2, -0.15) is 36.2 Å². The highest BCUT2D eigenvalue weighted by Gasteiger charge is 2.23. The second-order valence-electron chi connectivity index (χ2n) is 11.9. The number of ether oxygens (including phenoxy) is 2. The Bertz CT molecular complexity index is 2690. The summed E-state index contributed by atoms with van der Waals surface area (Å²) in [5.41, 5.74) is 0.451. The number of phenols is 2. The van der Waals surface area contributed by atoms with Crippen LogP contribution in [0.3, 0.4) is 0 Å². The Morgan fingerprint density at radius 1 is 0.847 bits per heavy atom. The lowest BCUT2D eigenvalue weighted by molar-refractivity contribution is 0.212. The van der Waals surface area contributed by atoms with Crippen LogP contribution in [-0.2, 0) is 40.0 Å². The van der Waals surface area contributed by atoms with Crippen molar-refractivity contribution >= 4 is 82.7 Å². The molecule has 0 fully saturated rings. The third kappa shape index (κ3) is 11.8. The minimum absolute atomic E-state index is 0.0304.